The normalized spacial score (nSPS) is 17.4. The van der Waals surface area contributed by atoms with E-state index in [9.17, 15) is 32.3 Å². The highest BCUT2D eigenvalue weighted by Gasteiger charge is 2.45. The van der Waals surface area contributed by atoms with E-state index < -0.39 is 54.8 Å². The average Bonchev–Trinajstić information content (AvgIpc) is 3.23. The van der Waals surface area contributed by atoms with Crippen molar-refractivity contribution in [2.45, 2.75) is 45.0 Å². The number of aldehydes is 1. The minimum absolute atomic E-state index is 0.00137. The topological polar surface area (TPSA) is 176 Å². The summed E-state index contributed by atoms with van der Waals surface area (Å²) in [7, 11) is 0. The van der Waals surface area contributed by atoms with E-state index in [1.165, 1.54) is 35.6 Å². The molecule has 0 unspecified atom stereocenters. The SMILES string of the molecule is CC(C)(C)OC(=O)Nc1oc2cc(C=O)cnc2c1C(=O)Nc1cnccc1N1C[C@@H](NC(=O)O)C[C@@H](C(F)(F)F)C1. The number of halogens is 3. The Balaban J connectivity index is 1.69. The number of pyridine rings is 2. The number of piperidine rings is 1. The second kappa shape index (κ2) is 11.5. The summed E-state index contributed by atoms with van der Waals surface area (Å²) in [5.41, 5.74) is -0.876. The lowest BCUT2D eigenvalue weighted by Gasteiger charge is -2.40. The van der Waals surface area contributed by atoms with Crippen LogP contribution in [-0.2, 0) is 4.74 Å². The summed E-state index contributed by atoms with van der Waals surface area (Å²) >= 11 is 0. The van der Waals surface area contributed by atoms with E-state index in [-0.39, 0.29) is 46.0 Å². The van der Waals surface area contributed by atoms with Crippen molar-refractivity contribution >= 4 is 52.7 Å². The van der Waals surface area contributed by atoms with Gasteiger partial charge in [0.1, 0.15) is 16.7 Å². The molecule has 13 nitrogen and oxygen atoms in total. The highest BCUT2D eigenvalue weighted by Crippen LogP contribution is 2.37. The number of carbonyl (C=O) groups excluding carboxylic acids is 3. The van der Waals surface area contributed by atoms with Crippen molar-refractivity contribution in [3.63, 3.8) is 0 Å². The molecule has 3 aromatic heterocycles. The zero-order valence-electron chi connectivity index (χ0n) is 22.6. The molecule has 42 heavy (non-hydrogen) atoms. The molecule has 4 N–H and O–H groups in total. The maximum atomic E-state index is 13.7. The van der Waals surface area contributed by atoms with Crippen LogP contribution in [0.15, 0.2) is 35.1 Å². The van der Waals surface area contributed by atoms with Crippen molar-refractivity contribution in [1.29, 1.82) is 0 Å². The third-order valence-electron chi connectivity index (χ3n) is 6.16. The van der Waals surface area contributed by atoms with Crippen LogP contribution in [0.4, 0.5) is 40.0 Å². The number of carboxylic acid groups (broad SMARTS) is 1. The lowest BCUT2D eigenvalue weighted by molar-refractivity contribution is -0.177. The van der Waals surface area contributed by atoms with Crippen LogP contribution in [0.3, 0.4) is 0 Å². The number of hydrogen-bond donors (Lipinski definition) is 4. The minimum atomic E-state index is -4.60. The molecule has 1 saturated heterocycles. The molecule has 4 rings (SSSR count). The Hall–Kier alpha value is -4.89. The molecule has 0 spiro atoms. The van der Waals surface area contributed by atoms with Crippen LogP contribution in [0.25, 0.3) is 11.1 Å². The number of furan rings is 1. The Bertz CT molecular complexity index is 1520. The lowest BCUT2D eigenvalue weighted by Crippen LogP contribution is -2.53. The smallest absolute Gasteiger partial charge is 0.414 e. The molecule has 2 atom stereocenters. The summed E-state index contributed by atoms with van der Waals surface area (Å²) in [5, 5.41) is 16.2. The van der Waals surface area contributed by atoms with Gasteiger partial charge >= 0.3 is 18.4 Å². The van der Waals surface area contributed by atoms with Gasteiger partial charge in [-0.1, -0.05) is 0 Å². The molecule has 224 valence electrons. The van der Waals surface area contributed by atoms with Gasteiger partial charge in [-0.15, -0.1) is 0 Å². The first-order chi connectivity index (χ1) is 19.6. The fourth-order valence-electron chi connectivity index (χ4n) is 4.51. The van der Waals surface area contributed by atoms with Gasteiger partial charge in [-0.3, -0.25) is 24.9 Å². The number of rotatable bonds is 6. The molecule has 1 fully saturated rings. The summed E-state index contributed by atoms with van der Waals surface area (Å²) in [6.07, 6.45) is -3.24. The predicted molar refractivity (Wildman–Crippen MR) is 143 cm³/mol. The first-order valence-electron chi connectivity index (χ1n) is 12.6. The van der Waals surface area contributed by atoms with Gasteiger partial charge in [0.15, 0.2) is 11.9 Å². The number of nitrogens with zero attached hydrogens (tertiary/aromatic N) is 3. The Morgan fingerprint density at radius 3 is 2.55 bits per heavy atom. The molecule has 0 bridgehead atoms. The van der Waals surface area contributed by atoms with Gasteiger partial charge in [-0.25, -0.2) is 9.59 Å². The number of carbonyl (C=O) groups is 4. The predicted octanol–water partition coefficient (Wildman–Crippen LogP) is 4.66. The Kier molecular flexibility index (Phi) is 8.26. The summed E-state index contributed by atoms with van der Waals surface area (Å²) in [6, 6.07) is 1.65. The average molecular weight is 593 g/mol. The van der Waals surface area contributed by atoms with Gasteiger partial charge in [0, 0.05) is 31.0 Å². The summed E-state index contributed by atoms with van der Waals surface area (Å²) < 4.78 is 52.0. The van der Waals surface area contributed by atoms with E-state index in [1.807, 2.05) is 0 Å². The van der Waals surface area contributed by atoms with Crippen LogP contribution in [-0.4, -0.2) is 70.4 Å². The van der Waals surface area contributed by atoms with Crippen molar-refractivity contribution in [2.24, 2.45) is 5.92 Å². The van der Waals surface area contributed by atoms with Crippen LogP contribution < -0.4 is 20.9 Å². The third-order valence-corrected chi connectivity index (χ3v) is 6.16. The summed E-state index contributed by atoms with van der Waals surface area (Å²) in [5.74, 6) is -3.07. The quantitative estimate of drug-likeness (QED) is 0.295. The fourth-order valence-corrected chi connectivity index (χ4v) is 4.51. The third kappa shape index (κ3) is 7.05. The molecular weight excluding hydrogens is 565 g/mol. The van der Waals surface area contributed by atoms with Crippen molar-refractivity contribution in [3.05, 3.63) is 41.9 Å². The number of ether oxygens (including phenoxy) is 1. The van der Waals surface area contributed by atoms with E-state index in [4.69, 9.17) is 14.3 Å². The zero-order chi connectivity index (χ0) is 30.8. The van der Waals surface area contributed by atoms with Gasteiger partial charge in [0.2, 0.25) is 5.88 Å². The molecule has 0 saturated carbocycles. The molecule has 1 aliphatic heterocycles. The lowest BCUT2D eigenvalue weighted by atomic mass is 9.93. The molecule has 1 aliphatic rings. The Labute approximate surface area is 236 Å². The maximum absolute atomic E-state index is 13.7. The van der Waals surface area contributed by atoms with Crippen LogP contribution in [0.1, 0.15) is 47.9 Å². The van der Waals surface area contributed by atoms with Gasteiger partial charge < -0.3 is 29.8 Å². The summed E-state index contributed by atoms with van der Waals surface area (Å²) in [6.45, 7) is 4.27. The number of nitrogens with one attached hydrogen (secondary N) is 3. The summed E-state index contributed by atoms with van der Waals surface area (Å²) in [4.78, 5) is 57.9. The fraction of sp³-hybridized carbons (Fsp3) is 0.385. The van der Waals surface area contributed by atoms with Crippen LogP contribution >= 0.6 is 0 Å². The minimum Gasteiger partial charge on any atom is -0.465 e. The number of fused-ring (bicyclic) bond motifs is 1. The van der Waals surface area contributed by atoms with Gasteiger partial charge in [0.05, 0.1) is 29.5 Å². The highest BCUT2D eigenvalue weighted by atomic mass is 19.4. The number of aromatic nitrogens is 2. The van der Waals surface area contributed by atoms with Crippen LogP contribution in [0.2, 0.25) is 0 Å². The Morgan fingerprint density at radius 1 is 1.17 bits per heavy atom. The molecule has 3 amide bonds. The number of anilines is 3. The monoisotopic (exact) mass is 592 g/mol. The zero-order valence-corrected chi connectivity index (χ0v) is 22.6. The number of amides is 3. The highest BCUT2D eigenvalue weighted by molar-refractivity contribution is 6.17. The van der Waals surface area contributed by atoms with Crippen molar-refractivity contribution in [2.75, 3.05) is 28.6 Å². The van der Waals surface area contributed by atoms with Crippen molar-refractivity contribution < 1.29 is 46.6 Å². The largest absolute Gasteiger partial charge is 0.465 e. The van der Waals surface area contributed by atoms with Crippen LogP contribution in [0.5, 0.6) is 0 Å². The number of hydrogen-bond acceptors (Lipinski definition) is 9. The molecule has 4 heterocycles. The van der Waals surface area contributed by atoms with E-state index in [0.29, 0.717) is 6.29 Å². The molecule has 16 heteroatoms. The number of alkyl halides is 3. The molecule has 0 radical (unpaired) electrons. The van der Waals surface area contributed by atoms with E-state index in [0.717, 1.165) is 0 Å². The van der Waals surface area contributed by atoms with Gasteiger partial charge in [-0.2, -0.15) is 13.2 Å². The first kappa shape index (κ1) is 30.1. The Morgan fingerprint density at radius 2 is 1.90 bits per heavy atom. The molecule has 0 aromatic carbocycles. The van der Waals surface area contributed by atoms with Crippen molar-refractivity contribution in [3.8, 4) is 0 Å². The van der Waals surface area contributed by atoms with Gasteiger partial charge in [-0.05, 0) is 39.3 Å². The van der Waals surface area contributed by atoms with E-state index >= 15 is 0 Å². The standard InChI is InChI=1S/C26H27F3N6O7/c1-25(2,3)42-24(40)34-22-19(20-18(41-22)6-13(12-36)8-31-20)21(37)33-16-9-30-5-4-17(16)35-10-14(26(27,28)29)7-15(11-35)32-23(38)39/h4-6,8-9,12,14-15,32H,7,10-11H2,1-3H3,(H,33,37)(H,34,40)(H,38,39)/t14-,15+/m1/s1. The molecular formula is C26H27F3N6O7. The maximum Gasteiger partial charge on any atom is 0.414 e. The van der Waals surface area contributed by atoms with E-state index in [2.05, 4.69) is 25.9 Å². The van der Waals surface area contributed by atoms with Crippen LogP contribution in [0, 0.1) is 5.92 Å². The van der Waals surface area contributed by atoms with E-state index in [1.54, 1.807) is 20.8 Å². The first-order valence-corrected chi connectivity index (χ1v) is 12.6. The second-order valence-electron chi connectivity index (χ2n) is 10.5. The second-order valence-corrected chi connectivity index (χ2v) is 10.5. The molecule has 3 aromatic rings. The van der Waals surface area contributed by atoms with Gasteiger partial charge in [0.25, 0.3) is 5.91 Å². The molecule has 0 aliphatic carbocycles. The van der Waals surface area contributed by atoms with Crippen molar-refractivity contribution in [1.82, 2.24) is 15.3 Å².